The molecule has 2 aromatic carbocycles. The molecule has 1 heterocycles. The third-order valence-corrected chi connectivity index (χ3v) is 3.44. The maximum absolute atomic E-state index is 11.8. The van der Waals surface area contributed by atoms with Gasteiger partial charge in [0.1, 0.15) is 0 Å². The van der Waals surface area contributed by atoms with Crippen LogP contribution < -0.4 is 20.1 Å². The van der Waals surface area contributed by atoms with Gasteiger partial charge in [0, 0.05) is 17.3 Å². The number of amides is 1. The van der Waals surface area contributed by atoms with Crippen molar-refractivity contribution in [3.05, 3.63) is 53.1 Å². The molecule has 3 rings (SSSR count). The Morgan fingerprint density at radius 2 is 2.00 bits per heavy atom. The molecule has 0 fully saturated rings. The lowest BCUT2D eigenvalue weighted by molar-refractivity contribution is -0.119. The summed E-state index contributed by atoms with van der Waals surface area (Å²) in [5, 5.41) is 6.50. The van der Waals surface area contributed by atoms with Gasteiger partial charge < -0.3 is 20.1 Å². The van der Waals surface area contributed by atoms with Gasteiger partial charge in [0.15, 0.2) is 11.5 Å². The molecular weight excluding hydrogens is 304 g/mol. The predicted molar refractivity (Wildman–Crippen MR) is 84.4 cm³/mol. The number of carbonyl (C=O) groups excluding carboxylic acids is 1. The van der Waals surface area contributed by atoms with Crippen LogP contribution in [0.4, 0.5) is 5.69 Å². The summed E-state index contributed by atoms with van der Waals surface area (Å²) >= 11 is 5.89. The van der Waals surface area contributed by atoms with Gasteiger partial charge in [-0.1, -0.05) is 23.7 Å². The molecule has 0 bridgehead atoms. The fraction of sp³-hybridized carbons (Fsp3) is 0.188. The van der Waals surface area contributed by atoms with Crippen LogP contribution in [0.3, 0.4) is 0 Å². The minimum absolute atomic E-state index is 0.0994. The lowest BCUT2D eigenvalue weighted by Gasteiger charge is -2.08. The van der Waals surface area contributed by atoms with Gasteiger partial charge in [-0.05, 0) is 35.9 Å². The molecule has 0 radical (unpaired) electrons. The van der Waals surface area contributed by atoms with E-state index < -0.39 is 0 Å². The van der Waals surface area contributed by atoms with E-state index in [1.165, 1.54) is 0 Å². The minimum Gasteiger partial charge on any atom is -0.454 e. The van der Waals surface area contributed by atoms with Crippen LogP contribution >= 0.6 is 11.6 Å². The lowest BCUT2D eigenvalue weighted by atomic mass is 10.2. The van der Waals surface area contributed by atoms with Gasteiger partial charge in [-0.3, -0.25) is 4.79 Å². The molecule has 2 aromatic rings. The highest BCUT2D eigenvalue weighted by Crippen LogP contribution is 2.32. The van der Waals surface area contributed by atoms with E-state index in [2.05, 4.69) is 10.6 Å². The second-order valence-corrected chi connectivity index (χ2v) is 5.26. The van der Waals surface area contributed by atoms with Crippen molar-refractivity contribution in [3.8, 4) is 11.5 Å². The van der Waals surface area contributed by atoms with E-state index in [9.17, 15) is 4.79 Å². The van der Waals surface area contributed by atoms with Crippen LogP contribution in [0.1, 0.15) is 5.56 Å². The zero-order valence-corrected chi connectivity index (χ0v) is 12.5. The van der Waals surface area contributed by atoms with Gasteiger partial charge in [-0.2, -0.15) is 0 Å². The summed E-state index contributed by atoms with van der Waals surface area (Å²) in [5.74, 6) is 1.35. The Balaban J connectivity index is 1.48. The van der Waals surface area contributed by atoms with E-state index in [-0.39, 0.29) is 19.2 Å². The van der Waals surface area contributed by atoms with Crippen molar-refractivity contribution in [1.29, 1.82) is 0 Å². The van der Waals surface area contributed by atoms with Crippen LogP contribution in [0.2, 0.25) is 5.02 Å². The molecule has 22 heavy (non-hydrogen) atoms. The van der Waals surface area contributed by atoms with E-state index >= 15 is 0 Å². The van der Waals surface area contributed by atoms with Gasteiger partial charge in [0.2, 0.25) is 12.7 Å². The molecule has 0 aliphatic carbocycles. The molecule has 5 nitrogen and oxygen atoms in total. The zero-order valence-electron chi connectivity index (χ0n) is 11.8. The van der Waals surface area contributed by atoms with Crippen LogP contribution in [0.25, 0.3) is 0 Å². The topological polar surface area (TPSA) is 59.6 Å². The van der Waals surface area contributed by atoms with E-state index in [0.29, 0.717) is 17.3 Å². The summed E-state index contributed by atoms with van der Waals surface area (Å²) in [4.78, 5) is 11.8. The van der Waals surface area contributed by atoms with Crippen molar-refractivity contribution in [2.75, 3.05) is 18.7 Å². The Morgan fingerprint density at radius 1 is 1.14 bits per heavy atom. The highest BCUT2D eigenvalue weighted by atomic mass is 35.5. The Morgan fingerprint density at radius 3 is 2.86 bits per heavy atom. The number of hydrogen-bond acceptors (Lipinski definition) is 4. The number of carbonyl (C=O) groups is 1. The minimum atomic E-state index is -0.0994. The third-order valence-electron chi connectivity index (χ3n) is 3.20. The number of halogens is 1. The number of nitrogens with one attached hydrogen (secondary N) is 2. The van der Waals surface area contributed by atoms with Gasteiger partial charge in [0.25, 0.3) is 0 Å². The van der Waals surface area contributed by atoms with Gasteiger partial charge in [-0.25, -0.2) is 0 Å². The average Bonchev–Trinajstić information content (AvgIpc) is 2.98. The molecule has 0 aromatic heterocycles. The third kappa shape index (κ3) is 3.62. The molecule has 0 saturated heterocycles. The first-order chi connectivity index (χ1) is 10.7. The van der Waals surface area contributed by atoms with Crippen LogP contribution in [-0.4, -0.2) is 19.2 Å². The van der Waals surface area contributed by atoms with Crippen molar-refractivity contribution in [2.45, 2.75) is 6.54 Å². The molecule has 1 aliphatic heterocycles. The molecule has 1 aliphatic rings. The second-order valence-electron chi connectivity index (χ2n) is 4.83. The summed E-state index contributed by atoms with van der Waals surface area (Å²) in [5.41, 5.74) is 1.77. The first kappa shape index (κ1) is 14.5. The molecule has 6 heteroatoms. The fourth-order valence-corrected chi connectivity index (χ4v) is 2.29. The number of hydrogen-bond donors (Lipinski definition) is 2. The van der Waals surface area contributed by atoms with Crippen LogP contribution in [0.5, 0.6) is 11.5 Å². The van der Waals surface area contributed by atoms with Crippen LogP contribution in [0, 0.1) is 0 Å². The smallest absolute Gasteiger partial charge is 0.239 e. The van der Waals surface area contributed by atoms with E-state index in [4.69, 9.17) is 21.1 Å². The highest BCUT2D eigenvalue weighted by molar-refractivity contribution is 6.30. The van der Waals surface area contributed by atoms with Crippen LogP contribution in [0.15, 0.2) is 42.5 Å². The van der Waals surface area contributed by atoms with E-state index in [0.717, 1.165) is 17.0 Å². The molecule has 0 saturated carbocycles. The summed E-state index contributed by atoms with van der Waals surface area (Å²) in [6.07, 6.45) is 0. The Labute approximate surface area is 133 Å². The zero-order chi connectivity index (χ0) is 15.4. The SMILES string of the molecule is O=C(CNc1cccc(Cl)c1)NCc1ccc2c(c1)OCO2. The number of rotatable bonds is 5. The largest absolute Gasteiger partial charge is 0.454 e. The van der Waals surface area contributed by atoms with Crippen molar-refractivity contribution in [1.82, 2.24) is 5.32 Å². The Hall–Kier alpha value is -2.40. The van der Waals surface area contributed by atoms with Crippen LogP contribution in [-0.2, 0) is 11.3 Å². The maximum atomic E-state index is 11.8. The van der Waals surface area contributed by atoms with Crippen molar-refractivity contribution < 1.29 is 14.3 Å². The van der Waals surface area contributed by atoms with E-state index in [1.54, 1.807) is 12.1 Å². The fourth-order valence-electron chi connectivity index (χ4n) is 2.09. The molecule has 0 spiro atoms. The first-order valence-electron chi connectivity index (χ1n) is 6.85. The second kappa shape index (κ2) is 6.58. The maximum Gasteiger partial charge on any atom is 0.239 e. The number of anilines is 1. The monoisotopic (exact) mass is 318 g/mol. The predicted octanol–water partition coefficient (Wildman–Crippen LogP) is 2.80. The highest BCUT2D eigenvalue weighted by Gasteiger charge is 2.13. The molecular formula is C16H15ClN2O3. The number of fused-ring (bicyclic) bond motifs is 1. The van der Waals surface area contributed by atoms with E-state index in [1.807, 2.05) is 30.3 Å². The average molecular weight is 319 g/mol. The Kier molecular flexibility index (Phi) is 4.34. The summed E-state index contributed by atoms with van der Waals surface area (Å²) in [7, 11) is 0. The molecule has 114 valence electrons. The molecule has 2 N–H and O–H groups in total. The van der Waals surface area contributed by atoms with Crippen molar-refractivity contribution in [2.24, 2.45) is 0 Å². The molecule has 0 unspecified atom stereocenters. The van der Waals surface area contributed by atoms with Gasteiger partial charge in [-0.15, -0.1) is 0 Å². The lowest BCUT2D eigenvalue weighted by Crippen LogP contribution is -2.29. The number of benzene rings is 2. The summed E-state index contributed by atoms with van der Waals surface area (Å²) in [6, 6.07) is 12.9. The van der Waals surface area contributed by atoms with Crippen molar-refractivity contribution >= 4 is 23.2 Å². The number of ether oxygens (including phenoxy) is 2. The van der Waals surface area contributed by atoms with Crippen molar-refractivity contribution in [3.63, 3.8) is 0 Å². The standard InChI is InChI=1S/C16H15ClN2O3/c17-12-2-1-3-13(7-12)18-9-16(20)19-8-11-4-5-14-15(6-11)22-10-21-14/h1-7,18H,8-10H2,(H,19,20). The van der Waals surface area contributed by atoms with Gasteiger partial charge >= 0.3 is 0 Å². The quantitative estimate of drug-likeness (QED) is 0.890. The normalized spacial score (nSPS) is 12.0. The first-order valence-corrected chi connectivity index (χ1v) is 7.23. The molecule has 0 atom stereocenters. The summed E-state index contributed by atoms with van der Waals surface area (Å²) < 4.78 is 10.5. The van der Waals surface area contributed by atoms with Gasteiger partial charge in [0.05, 0.1) is 6.54 Å². The Bertz CT molecular complexity index is 691. The molecule has 1 amide bonds. The summed E-state index contributed by atoms with van der Waals surface area (Å²) in [6.45, 7) is 0.867.